The molecule has 0 aliphatic rings. The van der Waals surface area contributed by atoms with E-state index < -0.39 is 0 Å². The van der Waals surface area contributed by atoms with Crippen molar-refractivity contribution in [3.05, 3.63) is 24.4 Å². The highest BCUT2D eigenvalue weighted by Crippen LogP contribution is 2.19. The minimum atomic E-state index is -0.307. The summed E-state index contributed by atoms with van der Waals surface area (Å²) in [4.78, 5) is 2.91. The first-order valence-corrected chi connectivity index (χ1v) is 4.77. The van der Waals surface area contributed by atoms with Gasteiger partial charge >= 0.3 is 0 Å². The van der Waals surface area contributed by atoms with E-state index in [0.29, 0.717) is 17.5 Å². The fourth-order valence-electron chi connectivity index (χ4n) is 1.04. The second-order valence-corrected chi connectivity index (χ2v) is 3.20. The van der Waals surface area contributed by atoms with Gasteiger partial charge in [0.05, 0.1) is 11.6 Å². The van der Waals surface area contributed by atoms with Gasteiger partial charge in [0.15, 0.2) is 0 Å². The van der Waals surface area contributed by atoms with Crippen molar-refractivity contribution in [1.29, 1.82) is 0 Å². The predicted molar refractivity (Wildman–Crippen MR) is 54.9 cm³/mol. The first-order chi connectivity index (χ1) is 6.81. The van der Waals surface area contributed by atoms with E-state index in [1.807, 2.05) is 6.07 Å². The van der Waals surface area contributed by atoms with E-state index in [4.69, 9.17) is 10.2 Å². The maximum Gasteiger partial charge on any atom is 0.249 e. The van der Waals surface area contributed by atoms with Gasteiger partial charge < -0.3 is 15.1 Å². The van der Waals surface area contributed by atoms with Crippen molar-refractivity contribution in [3.63, 3.8) is 0 Å². The van der Waals surface area contributed by atoms with Crippen molar-refractivity contribution in [2.45, 2.75) is 6.04 Å². The summed E-state index contributed by atoms with van der Waals surface area (Å²) in [5.41, 5.74) is 6.54. The lowest BCUT2D eigenvalue weighted by Crippen LogP contribution is -2.11. The highest BCUT2D eigenvalue weighted by Gasteiger charge is 2.13. The minimum Gasteiger partial charge on any atom is -0.419 e. The first-order valence-electron chi connectivity index (χ1n) is 4.14. The Bertz CT molecular complexity index is 397. The van der Waals surface area contributed by atoms with Gasteiger partial charge in [-0.15, -0.1) is 10.2 Å². The number of hydrogen-bond acceptors (Lipinski definition) is 5. The molecule has 2 rings (SSSR count). The summed E-state index contributed by atoms with van der Waals surface area (Å²) >= 11 is 4.05. The van der Waals surface area contributed by atoms with E-state index in [-0.39, 0.29) is 6.04 Å². The number of aromatic amines is 1. The Morgan fingerprint density at radius 3 is 3.07 bits per heavy atom. The molecule has 2 aromatic rings. The van der Waals surface area contributed by atoms with E-state index in [2.05, 4.69) is 27.8 Å². The SMILES string of the molecule is N[C@@H](CS)c1nnc(-c2cc[nH]c2)o1. The zero-order chi connectivity index (χ0) is 9.97. The molecule has 0 bridgehead atoms. The summed E-state index contributed by atoms with van der Waals surface area (Å²) in [6.45, 7) is 0. The van der Waals surface area contributed by atoms with Gasteiger partial charge in [-0.3, -0.25) is 0 Å². The molecule has 0 aliphatic carbocycles. The van der Waals surface area contributed by atoms with Crippen molar-refractivity contribution in [2.75, 3.05) is 5.75 Å². The molecule has 0 aliphatic heterocycles. The maximum absolute atomic E-state index is 5.68. The van der Waals surface area contributed by atoms with Crippen LogP contribution in [0.25, 0.3) is 11.5 Å². The Hall–Kier alpha value is -1.27. The third kappa shape index (κ3) is 1.66. The first kappa shape index (κ1) is 9.29. The topological polar surface area (TPSA) is 80.7 Å². The molecule has 2 aromatic heterocycles. The van der Waals surface area contributed by atoms with Crippen molar-refractivity contribution in [2.24, 2.45) is 5.73 Å². The van der Waals surface area contributed by atoms with Crippen LogP contribution in [-0.4, -0.2) is 20.9 Å². The Labute approximate surface area is 86.1 Å². The normalized spacial score (nSPS) is 13.0. The van der Waals surface area contributed by atoms with Crippen LogP contribution < -0.4 is 5.73 Å². The molecule has 6 heteroatoms. The van der Waals surface area contributed by atoms with Crippen molar-refractivity contribution < 1.29 is 4.42 Å². The summed E-state index contributed by atoms with van der Waals surface area (Å²) in [5.74, 6) is 1.36. The van der Waals surface area contributed by atoms with Crippen molar-refractivity contribution in [3.8, 4) is 11.5 Å². The monoisotopic (exact) mass is 210 g/mol. The van der Waals surface area contributed by atoms with Crippen LogP contribution in [0.15, 0.2) is 22.9 Å². The fraction of sp³-hybridized carbons (Fsp3) is 0.250. The molecule has 3 N–H and O–H groups in total. The van der Waals surface area contributed by atoms with Crippen LogP contribution in [0.5, 0.6) is 0 Å². The lowest BCUT2D eigenvalue weighted by molar-refractivity contribution is 0.476. The van der Waals surface area contributed by atoms with Crippen LogP contribution in [0.4, 0.5) is 0 Å². The quantitative estimate of drug-likeness (QED) is 0.660. The second-order valence-electron chi connectivity index (χ2n) is 2.83. The highest BCUT2D eigenvalue weighted by molar-refractivity contribution is 7.80. The zero-order valence-electron chi connectivity index (χ0n) is 7.34. The summed E-state index contributed by atoms with van der Waals surface area (Å²) < 4.78 is 5.36. The third-order valence-corrected chi connectivity index (χ3v) is 2.19. The van der Waals surface area contributed by atoms with Crippen LogP contribution in [0.3, 0.4) is 0 Å². The standard InChI is InChI=1S/C8H10N4OS/c9-6(4-14)8-12-11-7(13-8)5-1-2-10-3-5/h1-3,6,10,14H,4,9H2/t6-/m0/s1. The number of nitrogens with one attached hydrogen (secondary N) is 1. The molecule has 0 radical (unpaired) electrons. The molecular weight excluding hydrogens is 200 g/mol. The van der Waals surface area contributed by atoms with Crippen LogP contribution in [0.2, 0.25) is 0 Å². The second kappa shape index (κ2) is 3.85. The summed E-state index contributed by atoms with van der Waals surface area (Å²) in [6.07, 6.45) is 3.57. The molecule has 0 fully saturated rings. The minimum absolute atomic E-state index is 0.307. The number of aromatic nitrogens is 3. The van der Waals surface area contributed by atoms with Gasteiger partial charge in [0.2, 0.25) is 11.8 Å². The van der Waals surface area contributed by atoms with Crippen LogP contribution in [-0.2, 0) is 0 Å². The summed E-state index contributed by atoms with van der Waals surface area (Å²) in [6, 6.07) is 1.54. The van der Waals surface area contributed by atoms with E-state index in [1.54, 1.807) is 12.4 Å². The number of hydrogen-bond donors (Lipinski definition) is 3. The molecule has 2 heterocycles. The highest BCUT2D eigenvalue weighted by atomic mass is 32.1. The van der Waals surface area contributed by atoms with E-state index in [9.17, 15) is 0 Å². The van der Waals surface area contributed by atoms with Gasteiger partial charge in [0.25, 0.3) is 0 Å². The molecule has 5 nitrogen and oxygen atoms in total. The van der Waals surface area contributed by atoms with Gasteiger partial charge in [0.1, 0.15) is 0 Å². The van der Waals surface area contributed by atoms with Gasteiger partial charge in [-0.25, -0.2) is 0 Å². The molecule has 0 saturated heterocycles. The smallest absolute Gasteiger partial charge is 0.249 e. The van der Waals surface area contributed by atoms with Crippen LogP contribution in [0.1, 0.15) is 11.9 Å². The van der Waals surface area contributed by atoms with Crippen molar-refractivity contribution >= 4 is 12.6 Å². The van der Waals surface area contributed by atoms with E-state index >= 15 is 0 Å². The van der Waals surface area contributed by atoms with Gasteiger partial charge in [-0.1, -0.05) is 0 Å². The van der Waals surface area contributed by atoms with Gasteiger partial charge in [0, 0.05) is 18.1 Å². The van der Waals surface area contributed by atoms with Crippen LogP contribution >= 0.6 is 12.6 Å². The largest absolute Gasteiger partial charge is 0.419 e. The molecular formula is C8H10N4OS. The molecule has 14 heavy (non-hydrogen) atoms. The number of thiol groups is 1. The number of rotatable bonds is 3. The van der Waals surface area contributed by atoms with E-state index in [1.165, 1.54) is 0 Å². The Morgan fingerprint density at radius 2 is 2.43 bits per heavy atom. The molecule has 0 amide bonds. The van der Waals surface area contributed by atoms with E-state index in [0.717, 1.165) is 5.56 Å². The molecule has 74 valence electrons. The Kier molecular flexibility index (Phi) is 2.55. The third-order valence-electron chi connectivity index (χ3n) is 1.80. The van der Waals surface area contributed by atoms with Crippen LogP contribution in [0, 0.1) is 0 Å². The maximum atomic E-state index is 5.68. The summed E-state index contributed by atoms with van der Waals surface area (Å²) in [5, 5.41) is 7.72. The fourth-order valence-corrected chi connectivity index (χ4v) is 1.19. The molecule has 1 atom stereocenters. The number of H-pyrrole nitrogens is 1. The zero-order valence-corrected chi connectivity index (χ0v) is 8.24. The number of nitrogens with two attached hydrogens (primary N) is 1. The Balaban J connectivity index is 2.26. The predicted octanol–water partition coefficient (Wildman–Crippen LogP) is 0.994. The molecule has 0 unspecified atom stereocenters. The lowest BCUT2D eigenvalue weighted by Gasteiger charge is -1.99. The van der Waals surface area contributed by atoms with Gasteiger partial charge in [-0.2, -0.15) is 12.6 Å². The Morgan fingerprint density at radius 1 is 1.57 bits per heavy atom. The van der Waals surface area contributed by atoms with Crippen molar-refractivity contribution in [1.82, 2.24) is 15.2 Å². The average Bonchev–Trinajstić information content (AvgIpc) is 2.86. The lowest BCUT2D eigenvalue weighted by atomic mass is 10.3. The number of nitrogens with zero attached hydrogens (tertiary/aromatic N) is 2. The summed E-state index contributed by atoms with van der Waals surface area (Å²) in [7, 11) is 0. The molecule has 0 aromatic carbocycles. The molecule has 0 spiro atoms. The average molecular weight is 210 g/mol. The van der Waals surface area contributed by atoms with Gasteiger partial charge in [-0.05, 0) is 6.07 Å². The molecule has 0 saturated carbocycles.